The highest BCUT2D eigenvalue weighted by atomic mass is 16.5. The molecule has 2 aromatic carbocycles. The van der Waals surface area contributed by atoms with Gasteiger partial charge in [-0.15, -0.1) is 0 Å². The van der Waals surface area contributed by atoms with E-state index < -0.39 is 6.04 Å². The molecule has 3 N–H and O–H groups in total. The zero-order valence-electron chi connectivity index (χ0n) is 19.9. The molecule has 1 atom stereocenters. The van der Waals surface area contributed by atoms with E-state index in [1.807, 2.05) is 25.1 Å². The molecule has 3 aromatic rings. The Bertz CT molecular complexity index is 1160. The standard InChI is InChI=1S/C28H31N3O4/c1-2-35-26-11-10-20(19-12-14-29-15-13-19)17-24(26)28(34)31-25(18-32)21-6-5-7-22(16-21)27(33)30-23-8-3-4-9-23/h5-7,10-17,23,25,32H,2-4,8-9,18H2,1H3,(H,30,33)(H,31,34)/t25-/m1/s1. The third-order valence-corrected chi connectivity index (χ3v) is 6.27. The molecule has 35 heavy (non-hydrogen) atoms. The van der Waals surface area contributed by atoms with Gasteiger partial charge in [-0.3, -0.25) is 14.6 Å². The number of benzene rings is 2. The fourth-order valence-corrected chi connectivity index (χ4v) is 4.42. The van der Waals surface area contributed by atoms with E-state index >= 15 is 0 Å². The maximum absolute atomic E-state index is 13.3. The van der Waals surface area contributed by atoms with Crippen LogP contribution in [0.3, 0.4) is 0 Å². The van der Waals surface area contributed by atoms with Crippen LogP contribution in [0.15, 0.2) is 67.0 Å². The minimum Gasteiger partial charge on any atom is -0.493 e. The summed E-state index contributed by atoms with van der Waals surface area (Å²) >= 11 is 0. The van der Waals surface area contributed by atoms with Crippen LogP contribution in [0, 0.1) is 0 Å². The van der Waals surface area contributed by atoms with Gasteiger partial charge in [0.1, 0.15) is 5.75 Å². The summed E-state index contributed by atoms with van der Waals surface area (Å²) in [6.07, 6.45) is 7.67. The summed E-state index contributed by atoms with van der Waals surface area (Å²) in [5, 5.41) is 16.1. The smallest absolute Gasteiger partial charge is 0.255 e. The summed E-state index contributed by atoms with van der Waals surface area (Å²) in [5.41, 5.74) is 3.32. The second-order valence-corrected chi connectivity index (χ2v) is 8.67. The molecular weight excluding hydrogens is 442 g/mol. The Balaban J connectivity index is 1.55. The number of carbonyl (C=O) groups excluding carboxylic acids is 2. The van der Waals surface area contributed by atoms with E-state index in [9.17, 15) is 14.7 Å². The van der Waals surface area contributed by atoms with Crippen molar-refractivity contribution in [3.63, 3.8) is 0 Å². The summed E-state index contributed by atoms with van der Waals surface area (Å²) in [5.74, 6) is -0.0427. The van der Waals surface area contributed by atoms with Crippen LogP contribution in [0.5, 0.6) is 5.75 Å². The maximum atomic E-state index is 13.3. The van der Waals surface area contributed by atoms with Gasteiger partial charge in [0.2, 0.25) is 0 Å². The van der Waals surface area contributed by atoms with Crippen molar-refractivity contribution in [1.29, 1.82) is 0 Å². The van der Waals surface area contributed by atoms with Gasteiger partial charge in [0.05, 0.1) is 24.8 Å². The number of amides is 2. The van der Waals surface area contributed by atoms with E-state index in [0.717, 1.165) is 36.8 Å². The average molecular weight is 474 g/mol. The lowest BCUT2D eigenvalue weighted by molar-refractivity contribution is 0.0912. The number of nitrogens with zero attached hydrogens (tertiary/aromatic N) is 1. The maximum Gasteiger partial charge on any atom is 0.255 e. The Kier molecular flexibility index (Phi) is 8.11. The van der Waals surface area contributed by atoms with Crippen molar-refractivity contribution >= 4 is 11.8 Å². The van der Waals surface area contributed by atoms with Gasteiger partial charge in [-0.1, -0.05) is 31.0 Å². The molecular formula is C28H31N3O4. The van der Waals surface area contributed by atoms with Gasteiger partial charge in [-0.2, -0.15) is 0 Å². The first-order valence-electron chi connectivity index (χ1n) is 12.1. The lowest BCUT2D eigenvalue weighted by Gasteiger charge is -2.19. The van der Waals surface area contributed by atoms with Crippen molar-refractivity contribution in [3.8, 4) is 16.9 Å². The fraction of sp³-hybridized carbons (Fsp3) is 0.321. The molecule has 0 bridgehead atoms. The van der Waals surface area contributed by atoms with Crippen LogP contribution in [0.25, 0.3) is 11.1 Å². The molecule has 1 aromatic heterocycles. The second kappa shape index (κ2) is 11.6. The number of rotatable bonds is 9. The van der Waals surface area contributed by atoms with Crippen LogP contribution in [-0.4, -0.2) is 41.2 Å². The molecule has 1 aliphatic carbocycles. The molecule has 0 aliphatic heterocycles. The monoisotopic (exact) mass is 473 g/mol. The number of pyridine rings is 1. The number of carbonyl (C=O) groups is 2. The molecule has 1 fully saturated rings. The zero-order valence-corrected chi connectivity index (χ0v) is 19.9. The quantitative estimate of drug-likeness (QED) is 0.431. The molecule has 182 valence electrons. The highest BCUT2D eigenvalue weighted by molar-refractivity contribution is 5.98. The molecule has 0 spiro atoms. The summed E-state index contributed by atoms with van der Waals surface area (Å²) < 4.78 is 5.70. The van der Waals surface area contributed by atoms with E-state index in [1.165, 1.54) is 0 Å². The highest BCUT2D eigenvalue weighted by Gasteiger charge is 2.21. The number of aliphatic hydroxyl groups excluding tert-OH is 1. The number of aromatic nitrogens is 1. The summed E-state index contributed by atoms with van der Waals surface area (Å²) in [4.78, 5) is 30.1. The first kappa shape index (κ1) is 24.4. The van der Waals surface area contributed by atoms with Gasteiger partial charge in [0.25, 0.3) is 11.8 Å². The summed E-state index contributed by atoms with van der Waals surface area (Å²) in [7, 11) is 0. The van der Waals surface area contributed by atoms with Gasteiger partial charge in [-0.05, 0) is 72.9 Å². The van der Waals surface area contributed by atoms with Gasteiger partial charge < -0.3 is 20.5 Å². The molecule has 0 saturated heterocycles. The lowest BCUT2D eigenvalue weighted by atomic mass is 10.0. The number of nitrogens with one attached hydrogen (secondary N) is 2. The molecule has 2 amide bonds. The number of aliphatic hydroxyl groups is 1. The van der Waals surface area contributed by atoms with Crippen LogP contribution in [0.2, 0.25) is 0 Å². The van der Waals surface area contributed by atoms with Crippen LogP contribution < -0.4 is 15.4 Å². The first-order valence-corrected chi connectivity index (χ1v) is 12.1. The number of hydrogen-bond donors (Lipinski definition) is 3. The second-order valence-electron chi connectivity index (χ2n) is 8.67. The minimum atomic E-state index is -0.680. The Morgan fingerprint density at radius 1 is 1.03 bits per heavy atom. The SMILES string of the molecule is CCOc1ccc(-c2ccncc2)cc1C(=O)N[C@H](CO)c1cccc(C(=O)NC2CCCC2)c1. The van der Waals surface area contributed by atoms with Gasteiger partial charge in [0, 0.05) is 24.0 Å². The first-order chi connectivity index (χ1) is 17.1. The largest absolute Gasteiger partial charge is 0.493 e. The third-order valence-electron chi connectivity index (χ3n) is 6.27. The molecule has 1 saturated carbocycles. The normalized spacial score (nSPS) is 14.3. The lowest BCUT2D eigenvalue weighted by Crippen LogP contribution is -2.33. The Hall–Kier alpha value is -3.71. The zero-order chi connectivity index (χ0) is 24.6. The van der Waals surface area contributed by atoms with Gasteiger partial charge >= 0.3 is 0 Å². The van der Waals surface area contributed by atoms with E-state index in [1.54, 1.807) is 48.8 Å². The number of ether oxygens (including phenoxy) is 1. The molecule has 7 heteroatoms. The van der Waals surface area contributed by atoms with Crippen molar-refractivity contribution in [1.82, 2.24) is 15.6 Å². The van der Waals surface area contributed by atoms with Crippen LogP contribution in [-0.2, 0) is 0 Å². The number of hydrogen-bond acceptors (Lipinski definition) is 5. The van der Waals surface area contributed by atoms with E-state index in [-0.39, 0.29) is 24.5 Å². The Morgan fingerprint density at radius 2 is 1.80 bits per heavy atom. The molecule has 1 aliphatic rings. The van der Waals surface area contributed by atoms with Crippen molar-refractivity contribution in [2.45, 2.75) is 44.7 Å². The van der Waals surface area contributed by atoms with Crippen LogP contribution >= 0.6 is 0 Å². The summed E-state index contributed by atoms with van der Waals surface area (Å²) in [6, 6.07) is 15.8. The van der Waals surface area contributed by atoms with Crippen LogP contribution in [0.1, 0.15) is 64.9 Å². The van der Waals surface area contributed by atoms with Crippen molar-refractivity contribution in [2.75, 3.05) is 13.2 Å². The van der Waals surface area contributed by atoms with Gasteiger partial charge in [0.15, 0.2) is 0 Å². The predicted molar refractivity (Wildman–Crippen MR) is 134 cm³/mol. The Labute approximate surface area is 205 Å². The Morgan fingerprint density at radius 3 is 2.51 bits per heavy atom. The van der Waals surface area contributed by atoms with Crippen molar-refractivity contribution < 1.29 is 19.4 Å². The fourth-order valence-electron chi connectivity index (χ4n) is 4.42. The van der Waals surface area contributed by atoms with Crippen LogP contribution in [0.4, 0.5) is 0 Å². The third kappa shape index (κ3) is 6.05. The summed E-state index contributed by atoms with van der Waals surface area (Å²) in [6.45, 7) is 1.96. The minimum absolute atomic E-state index is 0.134. The topological polar surface area (TPSA) is 101 Å². The van der Waals surface area contributed by atoms with Gasteiger partial charge in [-0.25, -0.2) is 0 Å². The molecule has 4 rings (SSSR count). The predicted octanol–water partition coefficient (Wildman–Crippen LogP) is 4.28. The molecule has 7 nitrogen and oxygen atoms in total. The van der Waals surface area contributed by atoms with E-state index in [4.69, 9.17) is 4.74 Å². The van der Waals surface area contributed by atoms with E-state index in [0.29, 0.717) is 29.0 Å². The van der Waals surface area contributed by atoms with Crippen molar-refractivity contribution in [3.05, 3.63) is 83.7 Å². The van der Waals surface area contributed by atoms with E-state index in [2.05, 4.69) is 15.6 Å². The van der Waals surface area contributed by atoms with Crippen molar-refractivity contribution in [2.24, 2.45) is 0 Å². The molecule has 1 heterocycles. The average Bonchev–Trinajstić information content (AvgIpc) is 3.41. The molecule has 0 unspecified atom stereocenters. The highest BCUT2D eigenvalue weighted by Crippen LogP contribution is 2.27. The molecule has 0 radical (unpaired) electrons.